The molecule has 1 aromatic rings. The molecule has 0 saturated carbocycles. The van der Waals surface area contributed by atoms with E-state index in [4.69, 9.17) is 11.6 Å². The van der Waals surface area contributed by atoms with E-state index in [1.807, 2.05) is 13.8 Å². The Morgan fingerprint density at radius 1 is 1.24 bits per heavy atom. The van der Waals surface area contributed by atoms with E-state index in [1.165, 1.54) is 0 Å². The summed E-state index contributed by atoms with van der Waals surface area (Å²) in [5.41, 5.74) is 0. The van der Waals surface area contributed by atoms with E-state index >= 15 is 0 Å². The Morgan fingerprint density at radius 2 is 1.76 bits per heavy atom. The molecule has 1 rings (SSSR count). The van der Waals surface area contributed by atoms with Crippen molar-refractivity contribution in [3.05, 3.63) is 29.3 Å². The quantitative estimate of drug-likeness (QED) is 0.897. The summed E-state index contributed by atoms with van der Waals surface area (Å²) in [6, 6.07) is 6.24. The van der Waals surface area contributed by atoms with E-state index in [-0.39, 0.29) is 17.7 Å². The second-order valence-corrected chi connectivity index (χ2v) is 6.85. The molecule has 1 aromatic carbocycles. The molecule has 1 N–H and O–H groups in total. The highest BCUT2D eigenvalue weighted by atomic mass is 35.5. The molecule has 0 amide bonds. The molecule has 96 valence electrons. The van der Waals surface area contributed by atoms with Crippen molar-refractivity contribution in [1.82, 2.24) is 5.32 Å². The van der Waals surface area contributed by atoms with Crippen LogP contribution in [-0.2, 0) is 9.84 Å². The molecule has 0 heterocycles. The van der Waals surface area contributed by atoms with Crippen molar-refractivity contribution in [2.24, 2.45) is 5.92 Å². The summed E-state index contributed by atoms with van der Waals surface area (Å²) in [6.45, 7) is 4.00. The summed E-state index contributed by atoms with van der Waals surface area (Å²) in [6.07, 6.45) is 0. The molecular weight excluding hydrogens is 258 g/mol. The van der Waals surface area contributed by atoms with Crippen molar-refractivity contribution >= 4 is 21.4 Å². The summed E-state index contributed by atoms with van der Waals surface area (Å²) in [5.74, 6) is 0.366. The van der Waals surface area contributed by atoms with Crippen LogP contribution in [0.4, 0.5) is 0 Å². The van der Waals surface area contributed by atoms with E-state index in [1.54, 1.807) is 31.3 Å². The Hall–Kier alpha value is -0.580. The van der Waals surface area contributed by atoms with E-state index < -0.39 is 9.84 Å². The molecule has 0 saturated heterocycles. The summed E-state index contributed by atoms with van der Waals surface area (Å²) in [5, 5.41) is 3.57. The summed E-state index contributed by atoms with van der Waals surface area (Å²) < 4.78 is 24.3. The fourth-order valence-electron chi connectivity index (χ4n) is 1.58. The zero-order valence-electron chi connectivity index (χ0n) is 10.3. The van der Waals surface area contributed by atoms with Crippen LogP contribution in [0.15, 0.2) is 29.2 Å². The van der Waals surface area contributed by atoms with Gasteiger partial charge in [-0.25, -0.2) is 8.42 Å². The van der Waals surface area contributed by atoms with Crippen molar-refractivity contribution in [1.29, 1.82) is 0 Å². The molecule has 3 nitrogen and oxygen atoms in total. The summed E-state index contributed by atoms with van der Waals surface area (Å²) >= 11 is 5.74. The number of sulfone groups is 1. The zero-order chi connectivity index (χ0) is 13.1. The van der Waals surface area contributed by atoms with Crippen LogP contribution in [0.25, 0.3) is 0 Å². The lowest BCUT2D eigenvalue weighted by molar-refractivity contribution is 0.455. The van der Waals surface area contributed by atoms with Crippen molar-refractivity contribution in [3.8, 4) is 0 Å². The van der Waals surface area contributed by atoms with Crippen LogP contribution in [0, 0.1) is 5.92 Å². The smallest absolute Gasteiger partial charge is 0.179 e. The molecule has 17 heavy (non-hydrogen) atoms. The van der Waals surface area contributed by atoms with Crippen molar-refractivity contribution in [2.45, 2.75) is 24.8 Å². The second-order valence-electron chi connectivity index (χ2n) is 4.37. The minimum Gasteiger partial charge on any atom is -0.316 e. The zero-order valence-corrected chi connectivity index (χ0v) is 11.8. The number of nitrogens with one attached hydrogen (secondary N) is 1. The lowest BCUT2D eigenvalue weighted by Crippen LogP contribution is -2.37. The van der Waals surface area contributed by atoms with Crippen molar-refractivity contribution in [3.63, 3.8) is 0 Å². The van der Waals surface area contributed by atoms with Crippen LogP contribution in [0.5, 0.6) is 0 Å². The molecule has 0 aromatic heterocycles. The second kappa shape index (κ2) is 5.85. The Morgan fingerprint density at radius 3 is 2.18 bits per heavy atom. The first-order valence-corrected chi connectivity index (χ1v) is 7.55. The van der Waals surface area contributed by atoms with Gasteiger partial charge in [-0.15, -0.1) is 0 Å². The van der Waals surface area contributed by atoms with Crippen LogP contribution in [0.1, 0.15) is 13.8 Å². The third-order valence-corrected chi connectivity index (χ3v) is 4.79. The minimum absolute atomic E-state index is 0.0457. The first-order valence-electron chi connectivity index (χ1n) is 5.52. The van der Waals surface area contributed by atoms with Gasteiger partial charge in [-0.2, -0.15) is 0 Å². The van der Waals surface area contributed by atoms with E-state index in [0.29, 0.717) is 9.92 Å². The number of benzene rings is 1. The fourth-order valence-corrected chi connectivity index (χ4v) is 3.48. The number of halogens is 1. The van der Waals surface area contributed by atoms with Gasteiger partial charge in [0, 0.05) is 11.1 Å². The molecule has 0 aliphatic rings. The highest BCUT2D eigenvalue weighted by Gasteiger charge is 2.22. The van der Waals surface area contributed by atoms with Gasteiger partial charge in [0.2, 0.25) is 0 Å². The first-order chi connectivity index (χ1) is 7.86. The largest absolute Gasteiger partial charge is 0.316 e. The Bertz CT molecular complexity index is 454. The van der Waals surface area contributed by atoms with Crippen LogP contribution in [0.3, 0.4) is 0 Å². The monoisotopic (exact) mass is 275 g/mol. The lowest BCUT2D eigenvalue weighted by Gasteiger charge is -2.19. The lowest BCUT2D eigenvalue weighted by atomic mass is 10.1. The molecule has 0 fully saturated rings. The van der Waals surface area contributed by atoms with Crippen LogP contribution < -0.4 is 5.32 Å². The van der Waals surface area contributed by atoms with Gasteiger partial charge in [-0.05, 0) is 37.2 Å². The SMILES string of the molecule is CNC(CS(=O)(=O)c1ccc(Cl)cc1)C(C)C. The van der Waals surface area contributed by atoms with Gasteiger partial charge in [-0.3, -0.25) is 0 Å². The predicted octanol–water partition coefficient (Wildman–Crippen LogP) is 2.36. The summed E-state index contributed by atoms with van der Waals surface area (Å²) in [7, 11) is -1.47. The predicted molar refractivity (Wildman–Crippen MR) is 71.2 cm³/mol. The third-order valence-electron chi connectivity index (χ3n) is 2.75. The van der Waals surface area contributed by atoms with Gasteiger partial charge in [0.15, 0.2) is 9.84 Å². The standard InChI is InChI=1S/C12H18ClNO2S/c1-9(2)12(14-3)8-17(15,16)11-6-4-10(13)5-7-11/h4-7,9,12,14H,8H2,1-3H3. The fraction of sp³-hybridized carbons (Fsp3) is 0.500. The molecule has 5 heteroatoms. The van der Waals surface area contributed by atoms with Crippen LogP contribution in [-0.4, -0.2) is 27.3 Å². The maximum atomic E-state index is 12.1. The highest BCUT2D eigenvalue weighted by molar-refractivity contribution is 7.91. The molecule has 0 bridgehead atoms. The maximum absolute atomic E-state index is 12.1. The molecule has 0 aliphatic heterocycles. The maximum Gasteiger partial charge on any atom is 0.179 e. The van der Waals surface area contributed by atoms with Crippen LogP contribution in [0.2, 0.25) is 5.02 Å². The van der Waals surface area contributed by atoms with Gasteiger partial charge in [0.1, 0.15) is 0 Å². The van der Waals surface area contributed by atoms with Gasteiger partial charge >= 0.3 is 0 Å². The summed E-state index contributed by atoms with van der Waals surface area (Å²) in [4.78, 5) is 0.322. The average molecular weight is 276 g/mol. The molecule has 1 atom stereocenters. The highest BCUT2D eigenvalue weighted by Crippen LogP contribution is 2.17. The van der Waals surface area contributed by atoms with Gasteiger partial charge in [-0.1, -0.05) is 25.4 Å². The Kier molecular flexibility index (Phi) is 4.98. The van der Waals surface area contributed by atoms with Crippen molar-refractivity contribution in [2.75, 3.05) is 12.8 Å². The van der Waals surface area contributed by atoms with E-state index in [2.05, 4.69) is 5.32 Å². The number of hydrogen-bond donors (Lipinski definition) is 1. The van der Waals surface area contributed by atoms with Crippen molar-refractivity contribution < 1.29 is 8.42 Å². The van der Waals surface area contributed by atoms with E-state index in [0.717, 1.165) is 0 Å². The normalized spacial score (nSPS) is 13.9. The number of hydrogen-bond acceptors (Lipinski definition) is 3. The van der Waals surface area contributed by atoms with Crippen LogP contribution >= 0.6 is 11.6 Å². The molecular formula is C12H18ClNO2S. The Labute approximate surface area is 108 Å². The molecule has 1 unspecified atom stereocenters. The van der Waals surface area contributed by atoms with E-state index in [9.17, 15) is 8.42 Å². The third kappa shape index (κ3) is 3.98. The first kappa shape index (κ1) is 14.5. The molecule has 0 aliphatic carbocycles. The van der Waals surface area contributed by atoms with Gasteiger partial charge in [0.05, 0.1) is 10.6 Å². The topological polar surface area (TPSA) is 46.2 Å². The number of rotatable bonds is 5. The van der Waals surface area contributed by atoms with Gasteiger partial charge in [0.25, 0.3) is 0 Å². The van der Waals surface area contributed by atoms with Gasteiger partial charge < -0.3 is 5.32 Å². The minimum atomic E-state index is -3.25. The molecule has 0 radical (unpaired) electrons. The molecule has 0 spiro atoms. The Balaban J connectivity index is 2.92. The average Bonchev–Trinajstić information content (AvgIpc) is 2.26.